The molecule has 0 aromatic carbocycles. The van der Waals surface area contributed by atoms with Gasteiger partial charge in [0, 0.05) is 18.7 Å². The van der Waals surface area contributed by atoms with Crippen molar-refractivity contribution in [2.24, 2.45) is 0 Å². The van der Waals surface area contributed by atoms with E-state index in [1.807, 2.05) is 6.92 Å². The first-order valence-electron chi connectivity index (χ1n) is 4.85. The first-order valence-corrected chi connectivity index (χ1v) is 4.85. The first-order chi connectivity index (χ1) is 6.61. The van der Waals surface area contributed by atoms with Crippen molar-refractivity contribution in [3.05, 3.63) is 12.2 Å². The largest absolute Gasteiger partial charge is 0.463 e. The molecule has 0 aliphatic carbocycles. The van der Waals surface area contributed by atoms with Crippen LogP contribution in [0.15, 0.2) is 12.2 Å². The summed E-state index contributed by atoms with van der Waals surface area (Å²) in [5.41, 5.74) is 0.384. The minimum Gasteiger partial charge on any atom is -0.463 e. The van der Waals surface area contributed by atoms with E-state index in [9.17, 15) is 9.90 Å². The minimum absolute atomic E-state index is 0.357. The van der Waals surface area contributed by atoms with Gasteiger partial charge in [-0.3, -0.25) is 0 Å². The highest BCUT2D eigenvalue weighted by Gasteiger charge is 2.07. The fraction of sp³-hybridized carbons (Fsp3) is 0.700. The van der Waals surface area contributed by atoms with Crippen LogP contribution in [-0.4, -0.2) is 36.9 Å². The van der Waals surface area contributed by atoms with E-state index in [2.05, 4.69) is 11.9 Å². The summed E-state index contributed by atoms with van der Waals surface area (Å²) in [6.07, 6.45) is 0.323. The zero-order chi connectivity index (χ0) is 11.0. The molecule has 0 fully saturated rings. The third-order valence-corrected chi connectivity index (χ3v) is 1.75. The van der Waals surface area contributed by atoms with Crippen molar-refractivity contribution >= 4 is 5.97 Å². The summed E-state index contributed by atoms with van der Waals surface area (Å²) >= 11 is 0. The molecule has 82 valence electrons. The Kier molecular flexibility index (Phi) is 7.06. The highest BCUT2D eigenvalue weighted by molar-refractivity contribution is 5.88. The van der Waals surface area contributed by atoms with Crippen LogP contribution in [0.3, 0.4) is 0 Å². The van der Waals surface area contributed by atoms with E-state index in [-0.39, 0.29) is 12.1 Å². The van der Waals surface area contributed by atoms with Crippen molar-refractivity contribution in [1.29, 1.82) is 0 Å². The molecule has 0 aromatic rings. The van der Waals surface area contributed by atoms with Crippen LogP contribution < -0.4 is 5.32 Å². The number of carbonyl (C=O) groups excluding carboxylic acids is 1. The molecule has 0 spiro atoms. The molecule has 1 atom stereocenters. The average molecular weight is 201 g/mol. The second-order valence-electron chi connectivity index (χ2n) is 3.02. The van der Waals surface area contributed by atoms with Crippen molar-refractivity contribution in [3.8, 4) is 0 Å². The molecule has 0 bridgehead atoms. The van der Waals surface area contributed by atoms with Crippen LogP contribution in [0.5, 0.6) is 0 Å². The van der Waals surface area contributed by atoms with E-state index < -0.39 is 0 Å². The van der Waals surface area contributed by atoms with Gasteiger partial charge in [-0.2, -0.15) is 0 Å². The molecule has 1 unspecified atom stereocenters. The topological polar surface area (TPSA) is 58.6 Å². The molecule has 4 nitrogen and oxygen atoms in total. The van der Waals surface area contributed by atoms with Gasteiger partial charge in [0.15, 0.2) is 0 Å². The number of nitrogens with one attached hydrogen (secondary N) is 1. The van der Waals surface area contributed by atoms with Crippen molar-refractivity contribution in [2.75, 3.05) is 19.7 Å². The molecule has 4 heteroatoms. The molecular formula is C10H19NO3. The van der Waals surface area contributed by atoms with Crippen LogP contribution >= 0.6 is 0 Å². The summed E-state index contributed by atoms with van der Waals surface area (Å²) in [4.78, 5) is 11.1. The molecule has 0 aliphatic heterocycles. The second-order valence-corrected chi connectivity index (χ2v) is 3.02. The zero-order valence-electron chi connectivity index (χ0n) is 8.88. The molecule has 0 saturated carbocycles. The summed E-state index contributed by atoms with van der Waals surface area (Å²) < 4.78 is 4.75. The van der Waals surface area contributed by atoms with Gasteiger partial charge in [0.05, 0.1) is 12.7 Å². The Hall–Kier alpha value is -0.870. The van der Waals surface area contributed by atoms with Crippen LogP contribution in [0.25, 0.3) is 0 Å². The summed E-state index contributed by atoms with van der Waals surface area (Å²) in [6.45, 7) is 8.40. The molecular weight excluding hydrogens is 182 g/mol. The van der Waals surface area contributed by atoms with Crippen molar-refractivity contribution < 1.29 is 14.6 Å². The van der Waals surface area contributed by atoms with Gasteiger partial charge in [-0.25, -0.2) is 4.79 Å². The number of esters is 1. The van der Waals surface area contributed by atoms with E-state index in [1.54, 1.807) is 6.92 Å². The molecule has 14 heavy (non-hydrogen) atoms. The van der Waals surface area contributed by atoms with Gasteiger partial charge < -0.3 is 15.2 Å². The van der Waals surface area contributed by atoms with Crippen LogP contribution in [0, 0.1) is 0 Å². The number of hydrogen-bond acceptors (Lipinski definition) is 4. The number of rotatable bonds is 7. The monoisotopic (exact) mass is 201 g/mol. The molecule has 0 heterocycles. The van der Waals surface area contributed by atoms with Crippen molar-refractivity contribution in [2.45, 2.75) is 26.4 Å². The predicted octanol–water partition coefficient (Wildman–Crippen LogP) is 0.466. The normalized spacial score (nSPS) is 12.2. The maximum atomic E-state index is 11.1. The zero-order valence-corrected chi connectivity index (χ0v) is 8.88. The van der Waals surface area contributed by atoms with Gasteiger partial charge in [-0.05, 0) is 13.3 Å². The molecule has 0 rings (SSSR count). The summed E-state index contributed by atoms with van der Waals surface area (Å²) in [5, 5.41) is 12.1. The quantitative estimate of drug-likeness (QED) is 0.464. The summed E-state index contributed by atoms with van der Waals surface area (Å²) in [6, 6.07) is 0. The average Bonchev–Trinajstić information content (AvgIpc) is 2.17. The van der Waals surface area contributed by atoms with Crippen LogP contribution in [-0.2, 0) is 9.53 Å². The van der Waals surface area contributed by atoms with E-state index in [0.29, 0.717) is 31.7 Å². The molecule has 2 N–H and O–H groups in total. The number of aliphatic hydroxyl groups excluding tert-OH is 1. The highest BCUT2D eigenvalue weighted by Crippen LogP contribution is 1.93. The number of aliphatic hydroxyl groups is 1. The third-order valence-electron chi connectivity index (χ3n) is 1.75. The second kappa shape index (κ2) is 7.53. The Morgan fingerprint density at radius 3 is 2.71 bits per heavy atom. The molecule has 0 amide bonds. The van der Waals surface area contributed by atoms with Gasteiger partial charge >= 0.3 is 5.97 Å². The Morgan fingerprint density at radius 2 is 2.21 bits per heavy atom. The fourth-order valence-corrected chi connectivity index (χ4v) is 0.839. The molecule has 0 aromatic heterocycles. The van der Waals surface area contributed by atoms with E-state index >= 15 is 0 Å². The Bertz CT molecular complexity index is 192. The van der Waals surface area contributed by atoms with Crippen molar-refractivity contribution in [3.63, 3.8) is 0 Å². The smallest absolute Gasteiger partial charge is 0.334 e. The SMILES string of the molecule is C=C(CNCC(O)CC)C(=O)OCC. The Morgan fingerprint density at radius 1 is 1.57 bits per heavy atom. The van der Waals surface area contributed by atoms with Gasteiger partial charge in [0.25, 0.3) is 0 Å². The van der Waals surface area contributed by atoms with Gasteiger partial charge in [-0.15, -0.1) is 0 Å². The van der Waals surface area contributed by atoms with Gasteiger partial charge in [0.1, 0.15) is 0 Å². The molecule has 0 radical (unpaired) electrons. The highest BCUT2D eigenvalue weighted by atomic mass is 16.5. The summed E-state index contributed by atoms with van der Waals surface area (Å²) in [7, 11) is 0. The number of ether oxygens (including phenoxy) is 1. The van der Waals surface area contributed by atoms with Crippen LogP contribution in [0.1, 0.15) is 20.3 Å². The lowest BCUT2D eigenvalue weighted by Gasteiger charge is -2.10. The fourth-order valence-electron chi connectivity index (χ4n) is 0.839. The lowest BCUT2D eigenvalue weighted by atomic mass is 10.2. The first kappa shape index (κ1) is 13.1. The minimum atomic E-state index is -0.383. The third kappa shape index (κ3) is 5.72. The predicted molar refractivity (Wildman–Crippen MR) is 54.9 cm³/mol. The standard InChI is InChI=1S/C10H19NO3/c1-4-9(12)7-11-6-8(3)10(13)14-5-2/h9,11-12H,3-7H2,1-2H3. The Labute approximate surface area is 85.0 Å². The van der Waals surface area contributed by atoms with Crippen LogP contribution in [0.2, 0.25) is 0 Å². The van der Waals surface area contributed by atoms with E-state index in [0.717, 1.165) is 0 Å². The number of carbonyl (C=O) groups is 1. The Balaban J connectivity index is 3.58. The lowest BCUT2D eigenvalue weighted by Crippen LogP contribution is -2.29. The van der Waals surface area contributed by atoms with Crippen molar-refractivity contribution in [1.82, 2.24) is 5.32 Å². The van der Waals surface area contributed by atoms with Gasteiger partial charge in [0.2, 0.25) is 0 Å². The number of hydrogen-bond donors (Lipinski definition) is 2. The molecule has 0 saturated heterocycles. The maximum absolute atomic E-state index is 11.1. The van der Waals surface area contributed by atoms with E-state index in [1.165, 1.54) is 0 Å². The summed E-state index contributed by atoms with van der Waals surface area (Å²) in [5.74, 6) is -0.383. The maximum Gasteiger partial charge on any atom is 0.334 e. The molecule has 0 aliphatic rings. The lowest BCUT2D eigenvalue weighted by molar-refractivity contribution is -0.138. The van der Waals surface area contributed by atoms with Gasteiger partial charge in [-0.1, -0.05) is 13.5 Å². The van der Waals surface area contributed by atoms with Crippen LogP contribution in [0.4, 0.5) is 0 Å². The van der Waals surface area contributed by atoms with E-state index in [4.69, 9.17) is 4.74 Å².